The van der Waals surface area contributed by atoms with Crippen molar-refractivity contribution in [2.75, 3.05) is 0 Å². The first-order valence-electron chi connectivity index (χ1n) is 3.95. The number of carbonyl (C=O) groups is 1. The molecule has 1 aromatic carbocycles. The third kappa shape index (κ3) is 1.75. The van der Waals surface area contributed by atoms with Crippen molar-refractivity contribution in [2.24, 2.45) is 0 Å². The van der Waals surface area contributed by atoms with Gasteiger partial charge in [0.15, 0.2) is 0 Å². The van der Waals surface area contributed by atoms with Crippen molar-refractivity contribution in [3.63, 3.8) is 0 Å². The average Bonchev–Trinajstić information content (AvgIpc) is 2.17. The Hall–Kier alpha value is -1.42. The smallest absolute Gasteiger partial charge is 0.298 e. The van der Waals surface area contributed by atoms with Crippen LogP contribution in [-0.2, 0) is 4.79 Å². The van der Waals surface area contributed by atoms with Crippen molar-refractivity contribution in [1.82, 2.24) is 4.98 Å². The molecule has 0 unspecified atom stereocenters. The van der Waals surface area contributed by atoms with E-state index in [0.717, 1.165) is 15.4 Å². The molecule has 2 aromatic rings. The van der Waals surface area contributed by atoms with Gasteiger partial charge in [0, 0.05) is 16.1 Å². The van der Waals surface area contributed by atoms with Crippen molar-refractivity contribution in [3.8, 4) is 5.75 Å². The zero-order valence-corrected chi connectivity index (χ0v) is 8.69. The van der Waals surface area contributed by atoms with Gasteiger partial charge in [0.2, 0.25) is 0 Å². The summed E-state index contributed by atoms with van der Waals surface area (Å²) in [4.78, 5) is 14.3. The van der Waals surface area contributed by atoms with Crippen molar-refractivity contribution in [1.29, 1.82) is 0 Å². The third-order valence-electron chi connectivity index (χ3n) is 1.80. The molecule has 4 heteroatoms. The van der Waals surface area contributed by atoms with E-state index < -0.39 is 0 Å². The summed E-state index contributed by atoms with van der Waals surface area (Å²) in [5, 5.41) is 0.929. The largest absolute Gasteiger partial charge is 0.429 e. The minimum Gasteiger partial charge on any atom is -0.429 e. The molecule has 0 saturated carbocycles. The first-order valence-corrected chi connectivity index (χ1v) is 4.74. The van der Waals surface area contributed by atoms with Crippen LogP contribution in [0.15, 0.2) is 34.9 Å². The van der Waals surface area contributed by atoms with E-state index in [1.165, 1.54) is 0 Å². The molecule has 0 saturated heterocycles. The predicted molar refractivity (Wildman–Crippen MR) is 56.1 cm³/mol. The average molecular weight is 252 g/mol. The molecular weight excluding hydrogens is 246 g/mol. The summed E-state index contributed by atoms with van der Waals surface area (Å²) in [5.41, 5.74) is 0.867. The molecular formula is C10H6BrNO2. The minimum absolute atomic E-state index is 0.409. The van der Waals surface area contributed by atoms with Crippen LogP contribution >= 0.6 is 15.9 Å². The van der Waals surface area contributed by atoms with Crippen LogP contribution in [0.1, 0.15) is 0 Å². The Bertz CT molecular complexity index is 485. The maximum absolute atomic E-state index is 10.1. The lowest BCUT2D eigenvalue weighted by Gasteiger charge is -2.00. The van der Waals surface area contributed by atoms with Gasteiger partial charge in [0.05, 0.1) is 5.52 Å². The Balaban J connectivity index is 2.57. The molecule has 14 heavy (non-hydrogen) atoms. The number of benzene rings is 1. The lowest BCUT2D eigenvalue weighted by molar-refractivity contribution is -0.120. The first-order chi connectivity index (χ1) is 6.79. The van der Waals surface area contributed by atoms with Crippen molar-refractivity contribution in [3.05, 3.63) is 34.9 Å². The summed E-state index contributed by atoms with van der Waals surface area (Å²) in [7, 11) is 0. The van der Waals surface area contributed by atoms with Gasteiger partial charge in [-0.3, -0.25) is 9.78 Å². The number of hydrogen-bond acceptors (Lipinski definition) is 3. The molecule has 0 bridgehead atoms. The Morgan fingerprint density at radius 2 is 2.21 bits per heavy atom. The first kappa shape index (κ1) is 9.15. The number of halogens is 1. The maximum atomic E-state index is 10.1. The quantitative estimate of drug-likeness (QED) is 0.771. The molecule has 0 amide bonds. The van der Waals surface area contributed by atoms with Gasteiger partial charge in [-0.1, -0.05) is 0 Å². The van der Waals surface area contributed by atoms with Crippen molar-refractivity contribution < 1.29 is 9.53 Å². The molecule has 0 atom stereocenters. The van der Waals surface area contributed by atoms with Gasteiger partial charge in [-0.15, -0.1) is 0 Å². The number of pyridine rings is 1. The minimum atomic E-state index is 0.409. The van der Waals surface area contributed by atoms with Gasteiger partial charge in [-0.2, -0.15) is 0 Å². The van der Waals surface area contributed by atoms with Crippen LogP contribution < -0.4 is 4.74 Å². The highest BCUT2D eigenvalue weighted by molar-refractivity contribution is 9.10. The highest BCUT2D eigenvalue weighted by Gasteiger charge is 1.98. The number of ether oxygens (including phenoxy) is 1. The summed E-state index contributed by atoms with van der Waals surface area (Å²) in [6.45, 7) is 0.409. The molecule has 0 N–H and O–H groups in total. The van der Waals surface area contributed by atoms with Crippen LogP contribution in [0.3, 0.4) is 0 Å². The molecule has 1 heterocycles. The lowest BCUT2D eigenvalue weighted by Crippen LogP contribution is -1.88. The lowest BCUT2D eigenvalue weighted by atomic mass is 10.2. The highest BCUT2D eigenvalue weighted by Crippen LogP contribution is 2.21. The standard InChI is InChI=1S/C10H6BrNO2/c11-8-3-7-4-9(14-6-13)1-2-10(7)12-5-8/h1-6H. The fourth-order valence-corrected chi connectivity index (χ4v) is 1.56. The van der Waals surface area contributed by atoms with E-state index >= 15 is 0 Å². The molecule has 0 spiro atoms. The van der Waals surface area contributed by atoms with E-state index in [9.17, 15) is 4.79 Å². The molecule has 0 radical (unpaired) electrons. The van der Waals surface area contributed by atoms with Crippen LogP contribution in [0.2, 0.25) is 0 Å². The Kier molecular flexibility index (Phi) is 2.45. The summed E-state index contributed by atoms with van der Waals surface area (Å²) < 4.78 is 5.63. The van der Waals surface area contributed by atoms with Gasteiger partial charge in [-0.05, 0) is 40.2 Å². The molecule has 70 valence electrons. The second-order valence-electron chi connectivity index (χ2n) is 2.72. The van der Waals surface area contributed by atoms with Crippen LogP contribution in [0.5, 0.6) is 5.75 Å². The topological polar surface area (TPSA) is 39.2 Å². The highest BCUT2D eigenvalue weighted by atomic mass is 79.9. The van der Waals surface area contributed by atoms with E-state index in [4.69, 9.17) is 4.74 Å². The number of aromatic nitrogens is 1. The molecule has 0 fully saturated rings. The molecule has 1 aromatic heterocycles. The normalized spacial score (nSPS) is 10.1. The molecule has 0 aliphatic carbocycles. The number of hydrogen-bond donors (Lipinski definition) is 0. The second kappa shape index (κ2) is 3.75. The fourth-order valence-electron chi connectivity index (χ4n) is 1.21. The summed E-state index contributed by atoms with van der Waals surface area (Å²) in [6.07, 6.45) is 1.72. The number of carbonyl (C=O) groups excluding carboxylic acids is 1. The van der Waals surface area contributed by atoms with Gasteiger partial charge in [0.1, 0.15) is 5.75 Å². The van der Waals surface area contributed by atoms with E-state index in [-0.39, 0.29) is 0 Å². The van der Waals surface area contributed by atoms with E-state index in [1.807, 2.05) is 6.07 Å². The van der Waals surface area contributed by atoms with E-state index in [1.54, 1.807) is 24.4 Å². The Morgan fingerprint density at radius 3 is 3.00 bits per heavy atom. The number of nitrogens with zero attached hydrogens (tertiary/aromatic N) is 1. The van der Waals surface area contributed by atoms with Gasteiger partial charge in [-0.25, -0.2) is 0 Å². The van der Waals surface area contributed by atoms with Gasteiger partial charge in [0.25, 0.3) is 6.47 Å². The molecule has 3 nitrogen and oxygen atoms in total. The summed E-state index contributed by atoms with van der Waals surface area (Å²) in [6, 6.07) is 7.19. The van der Waals surface area contributed by atoms with Crippen LogP contribution in [0.4, 0.5) is 0 Å². The third-order valence-corrected chi connectivity index (χ3v) is 2.24. The zero-order chi connectivity index (χ0) is 9.97. The predicted octanol–water partition coefficient (Wildman–Crippen LogP) is 2.53. The van der Waals surface area contributed by atoms with Gasteiger partial charge < -0.3 is 4.74 Å². The Morgan fingerprint density at radius 1 is 1.36 bits per heavy atom. The number of rotatable bonds is 2. The van der Waals surface area contributed by atoms with Gasteiger partial charge >= 0.3 is 0 Å². The SMILES string of the molecule is O=COc1ccc2ncc(Br)cc2c1. The van der Waals surface area contributed by atoms with Crippen molar-refractivity contribution >= 4 is 33.3 Å². The molecule has 0 aliphatic heterocycles. The van der Waals surface area contributed by atoms with Crippen LogP contribution in [-0.4, -0.2) is 11.5 Å². The fraction of sp³-hybridized carbons (Fsp3) is 0. The van der Waals surface area contributed by atoms with Crippen LogP contribution in [0.25, 0.3) is 10.9 Å². The van der Waals surface area contributed by atoms with Crippen LogP contribution in [0, 0.1) is 0 Å². The molecule has 2 rings (SSSR count). The maximum Gasteiger partial charge on any atom is 0.298 e. The monoisotopic (exact) mass is 251 g/mol. The van der Waals surface area contributed by atoms with E-state index in [2.05, 4.69) is 20.9 Å². The summed E-state index contributed by atoms with van der Waals surface area (Å²) in [5.74, 6) is 0.521. The Labute approximate surface area is 88.8 Å². The second-order valence-corrected chi connectivity index (χ2v) is 3.64. The van der Waals surface area contributed by atoms with E-state index in [0.29, 0.717) is 12.2 Å². The molecule has 0 aliphatic rings. The van der Waals surface area contributed by atoms with Crippen molar-refractivity contribution in [2.45, 2.75) is 0 Å². The number of fused-ring (bicyclic) bond motifs is 1. The zero-order valence-electron chi connectivity index (χ0n) is 7.11. The summed E-state index contributed by atoms with van der Waals surface area (Å²) >= 11 is 3.32.